The molecule has 19 heavy (non-hydrogen) atoms. The molecule has 0 spiro atoms. The number of nitrogens with one attached hydrogen (secondary N) is 1. The van der Waals surface area contributed by atoms with E-state index in [1.54, 1.807) is 13.2 Å². The highest BCUT2D eigenvalue weighted by molar-refractivity contribution is 5.97. The number of ether oxygens (including phenoxy) is 1. The van der Waals surface area contributed by atoms with E-state index in [1.165, 1.54) is 0 Å². The molecule has 2 aromatic carbocycles. The molecule has 94 valence electrons. The first-order valence-electron chi connectivity index (χ1n) is 6.05. The molecule has 0 bridgehead atoms. The second-order valence-corrected chi connectivity index (χ2v) is 4.30. The minimum absolute atomic E-state index is 0.129. The van der Waals surface area contributed by atoms with Crippen molar-refractivity contribution in [3.8, 4) is 16.9 Å². The molecular weight excluding hydrogens is 238 g/mol. The number of pyridine rings is 1. The molecule has 0 saturated carbocycles. The molecule has 0 atom stereocenters. The molecule has 0 fully saturated rings. The highest BCUT2D eigenvalue weighted by Crippen LogP contribution is 2.30. The average Bonchev–Trinajstić information content (AvgIpc) is 2.46. The Kier molecular flexibility index (Phi) is 2.80. The lowest BCUT2D eigenvalue weighted by Crippen LogP contribution is -2.05. The van der Waals surface area contributed by atoms with E-state index >= 15 is 0 Å². The minimum Gasteiger partial charge on any atom is -0.495 e. The summed E-state index contributed by atoms with van der Waals surface area (Å²) in [6.45, 7) is 0. The van der Waals surface area contributed by atoms with Crippen molar-refractivity contribution in [2.75, 3.05) is 7.11 Å². The fraction of sp³-hybridized carbons (Fsp3) is 0.0625. The molecule has 3 rings (SSSR count). The van der Waals surface area contributed by atoms with Crippen LogP contribution in [0.5, 0.6) is 5.75 Å². The third-order valence-corrected chi connectivity index (χ3v) is 3.14. The van der Waals surface area contributed by atoms with Crippen molar-refractivity contribution in [1.29, 1.82) is 0 Å². The van der Waals surface area contributed by atoms with E-state index in [-0.39, 0.29) is 5.56 Å². The van der Waals surface area contributed by atoms with Gasteiger partial charge in [-0.1, -0.05) is 42.5 Å². The van der Waals surface area contributed by atoms with E-state index in [0.29, 0.717) is 5.75 Å². The molecule has 3 nitrogen and oxygen atoms in total. The number of methoxy groups -OCH3 is 1. The van der Waals surface area contributed by atoms with E-state index in [1.807, 2.05) is 48.5 Å². The van der Waals surface area contributed by atoms with Gasteiger partial charge in [0, 0.05) is 11.5 Å². The van der Waals surface area contributed by atoms with Gasteiger partial charge in [0.25, 0.3) is 0 Å². The Bertz CT molecular complexity index is 776. The van der Waals surface area contributed by atoms with Crippen LogP contribution in [0.15, 0.2) is 59.4 Å². The number of aromatic amines is 1. The Labute approximate surface area is 110 Å². The number of H-pyrrole nitrogens is 1. The number of benzene rings is 2. The fourth-order valence-corrected chi connectivity index (χ4v) is 2.28. The lowest BCUT2D eigenvalue weighted by molar-refractivity contribution is 0.419. The van der Waals surface area contributed by atoms with Gasteiger partial charge in [0.05, 0.1) is 12.6 Å². The molecule has 0 aliphatic carbocycles. The topological polar surface area (TPSA) is 42.1 Å². The van der Waals surface area contributed by atoms with Crippen LogP contribution in [0.25, 0.3) is 22.0 Å². The van der Waals surface area contributed by atoms with Crippen molar-refractivity contribution in [1.82, 2.24) is 4.98 Å². The summed E-state index contributed by atoms with van der Waals surface area (Å²) >= 11 is 0. The Morgan fingerprint density at radius 2 is 1.79 bits per heavy atom. The van der Waals surface area contributed by atoms with Crippen molar-refractivity contribution in [3.63, 3.8) is 0 Å². The third kappa shape index (κ3) is 1.99. The van der Waals surface area contributed by atoms with Crippen LogP contribution >= 0.6 is 0 Å². The number of rotatable bonds is 2. The summed E-state index contributed by atoms with van der Waals surface area (Å²) in [5.74, 6) is 0.674. The van der Waals surface area contributed by atoms with Crippen LogP contribution in [-0.2, 0) is 0 Å². The molecule has 0 aliphatic rings. The highest BCUT2D eigenvalue weighted by Gasteiger charge is 2.08. The molecule has 1 N–H and O–H groups in total. The monoisotopic (exact) mass is 251 g/mol. The van der Waals surface area contributed by atoms with E-state index in [4.69, 9.17) is 4.74 Å². The summed E-state index contributed by atoms with van der Waals surface area (Å²) in [6.07, 6.45) is 0. The number of hydrogen-bond acceptors (Lipinski definition) is 2. The van der Waals surface area contributed by atoms with Crippen molar-refractivity contribution in [2.45, 2.75) is 0 Å². The van der Waals surface area contributed by atoms with Crippen molar-refractivity contribution in [2.24, 2.45) is 0 Å². The molecule has 1 heterocycles. The summed E-state index contributed by atoms with van der Waals surface area (Å²) in [4.78, 5) is 14.7. The van der Waals surface area contributed by atoms with Crippen LogP contribution in [0, 0.1) is 0 Å². The predicted octanol–water partition coefficient (Wildman–Crippen LogP) is 3.20. The van der Waals surface area contributed by atoms with Gasteiger partial charge < -0.3 is 9.72 Å². The van der Waals surface area contributed by atoms with Crippen LogP contribution < -0.4 is 10.3 Å². The van der Waals surface area contributed by atoms with Gasteiger partial charge in [-0.3, -0.25) is 4.79 Å². The predicted molar refractivity (Wildman–Crippen MR) is 76.6 cm³/mol. The number of para-hydroxylation sites is 1. The second-order valence-electron chi connectivity index (χ2n) is 4.30. The number of aromatic nitrogens is 1. The van der Waals surface area contributed by atoms with Gasteiger partial charge in [-0.2, -0.15) is 0 Å². The van der Waals surface area contributed by atoms with Gasteiger partial charge in [-0.15, -0.1) is 0 Å². The second kappa shape index (κ2) is 4.61. The molecule has 3 aromatic rings. The lowest BCUT2D eigenvalue weighted by atomic mass is 10.0. The fourth-order valence-electron chi connectivity index (χ4n) is 2.28. The smallest absolute Gasteiger partial charge is 0.249 e. The maximum absolute atomic E-state index is 11.8. The highest BCUT2D eigenvalue weighted by atomic mass is 16.5. The molecule has 1 aromatic heterocycles. The largest absolute Gasteiger partial charge is 0.495 e. The molecule has 3 heteroatoms. The zero-order valence-corrected chi connectivity index (χ0v) is 10.5. The van der Waals surface area contributed by atoms with Gasteiger partial charge in [-0.05, 0) is 17.2 Å². The average molecular weight is 251 g/mol. The maximum atomic E-state index is 11.8. The van der Waals surface area contributed by atoms with Gasteiger partial charge in [0.1, 0.15) is 5.75 Å². The quantitative estimate of drug-likeness (QED) is 0.760. The van der Waals surface area contributed by atoms with Crippen LogP contribution in [0.2, 0.25) is 0 Å². The first kappa shape index (κ1) is 11.5. The van der Waals surface area contributed by atoms with E-state index < -0.39 is 0 Å². The molecule has 0 aliphatic heterocycles. The van der Waals surface area contributed by atoms with Crippen LogP contribution in [0.3, 0.4) is 0 Å². The summed E-state index contributed by atoms with van der Waals surface area (Å²) in [7, 11) is 1.60. The third-order valence-electron chi connectivity index (χ3n) is 3.14. The standard InChI is InChI=1S/C16H13NO2/c1-19-14-9-5-8-12-13(10-15(18)17-16(12)14)11-6-3-2-4-7-11/h2-10H,1H3,(H,17,18). The normalized spacial score (nSPS) is 10.6. The zero-order chi connectivity index (χ0) is 13.2. The first-order valence-corrected chi connectivity index (χ1v) is 6.05. The minimum atomic E-state index is -0.129. The van der Waals surface area contributed by atoms with Gasteiger partial charge >= 0.3 is 0 Å². The van der Waals surface area contributed by atoms with Gasteiger partial charge in [0.15, 0.2) is 0 Å². The van der Waals surface area contributed by atoms with Crippen molar-refractivity contribution < 1.29 is 4.74 Å². The van der Waals surface area contributed by atoms with Gasteiger partial charge in [-0.25, -0.2) is 0 Å². The molecule has 0 amide bonds. The Hall–Kier alpha value is -2.55. The SMILES string of the molecule is COc1cccc2c(-c3ccccc3)cc(=O)[nH]c12. The number of hydrogen-bond donors (Lipinski definition) is 1. The molecule has 0 radical (unpaired) electrons. The van der Waals surface area contributed by atoms with Crippen LogP contribution in [-0.4, -0.2) is 12.1 Å². The van der Waals surface area contributed by atoms with E-state index in [0.717, 1.165) is 22.0 Å². The summed E-state index contributed by atoms with van der Waals surface area (Å²) in [6, 6.07) is 17.2. The molecule has 0 saturated heterocycles. The molecule has 0 unspecified atom stereocenters. The van der Waals surface area contributed by atoms with Crippen molar-refractivity contribution >= 4 is 10.9 Å². The van der Waals surface area contributed by atoms with Crippen LogP contribution in [0.4, 0.5) is 0 Å². The Morgan fingerprint density at radius 3 is 2.53 bits per heavy atom. The van der Waals surface area contributed by atoms with Crippen molar-refractivity contribution in [3.05, 3.63) is 65.0 Å². The van der Waals surface area contributed by atoms with E-state index in [9.17, 15) is 4.79 Å². The lowest BCUT2D eigenvalue weighted by Gasteiger charge is -2.09. The first-order chi connectivity index (χ1) is 9.29. The van der Waals surface area contributed by atoms with Gasteiger partial charge in [0.2, 0.25) is 5.56 Å². The Balaban J connectivity index is 2.40. The maximum Gasteiger partial charge on any atom is 0.249 e. The Morgan fingerprint density at radius 1 is 1.00 bits per heavy atom. The summed E-state index contributed by atoms with van der Waals surface area (Å²) in [5.41, 5.74) is 2.54. The summed E-state index contributed by atoms with van der Waals surface area (Å²) in [5, 5.41) is 0.977. The number of fused-ring (bicyclic) bond motifs is 1. The summed E-state index contributed by atoms with van der Waals surface area (Å²) < 4.78 is 5.30. The zero-order valence-electron chi connectivity index (χ0n) is 10.5. The molecular formula is C16H13NO2. The van der Waals surface area contributed by atoms with Crippen LogP contribution in [0.1, 0.15) is 0 Å². The van der Waals surface area contributed by atoms with E-state index in [2.05, 4.69) is 4.98 Å².